The molecule has 4 aromatic rings. The highest BCUT2D eigenvalue weighted by molar-refractivity contribution is 5.97. The number of anilines is 1. The minimum atomic E-state index is -0.316. The van der Waals surface area contributed by atoms with Crippen LogP contribution in [0, 0.1) is 0 Å². The maximum atomic E-state index is 10.6. The Morgan fingerprint density at radius 3 is 2.11 bits per heavy atom. The summed E-state index contributed by atoms with van der Waals surface area (Å²) < 4.78 is 5.79. The van der Waals surface area contributed by atoms with Gasteiger partial charge in [0.1, 0.15) is 23.6 Å². The van der Waals surface area contributed by atoms with Gasteiger partial charge in [0.25, 0.3) is 0 Å². The molecule has 0 aliphatic heterocycles. The number of nitrogens with zero attached hydrogens (tertiary/aromatic N) is 3. The van der Waals surface area contributed by atoms with E-state index in [2.05, 4.69) is 40.6 Å². The van der Waals surface area contributed by atoms with Crippen molar-refractivity contribution in [2.24, 2.45) is 0 Å². The molecule has 2 heterocycles. The summed E-state index contributed by atoms with van der Waals surface area (Å²) in [6.45, 7) is 9.57. The van der Waals surface area contributed by atoms with Crippen molar-refractivity contribution in [2.45, 2.75) is 65.7 Å². The predicted octanol–water partition coefficient (Wildman–Crippen LogP) is 7.80. The second-order valence-corrected chi connectivity index (χ2v) is 8.68. The van der Waals surface area contributed by atoms with E-state index in [1.165, 1.54) is 32.0 Å². The van der Waals surface area contributed by atoms with Crippen LogP contribution in [-0.4, -0.2) is 31.1 Å². The quantitative estimate of drug-likeness (QED) is 0.111. The van der Waals surface area contributed by atoms with Crippen LogP contribution >= 0.6 is 0 Å². The second kappa shape index (κ2) is 16.5. The lowest BCUT2D eigenvalue weighted by Gasteiger charge is -2.06. The predicted molar refractivity (Wildman–Crippen MR) is 154 cm³/mol. The van der Waals surface area contributed by atoms with E-state index in [9.17, 15) is 4.79 Å². The number of nitrogens with one attached hydrogen (secondary N) is 1. The molecule has 0 bridgehead atoms. The van der Waals surface area contributed by atoms with E-state index >= 15 is 0 Å². The lowest BCUT2D eigenvalue weighted by atomic mass is 10.1. The number of unbranched alkanes of at least 4 members (excludes halogenated alkanes) is 4. The maximum Gasteiger partial charge on any atom is 0.196 e. The van der Waals surface area contributed by atoms with Crippen LogP contribution < -0.4 is 10.5 Å². The first-order chi connectivity index (χ1) is 18.4. The highest BCUT2D eigenvalue weighted by Gasteiger charge is 2.12. The molecule has 38 heavy (non-hydrogen) atoms. The number of rotatable bonds is 10. The standard InChI is InChI=1S/C17H13N5O.C7H12O2.C6H14/c18-16-14-15(21-22-17(14)20-10-19-16)11-6-8-13(9-7-11)23-12-4-2-1-3-5-12;1-3-4-5-7(9)6(2)8;1-3-5-6-4-2/h1-10H,(H3,18,19,20,21,22);8H,2-5H2,1H3;3-6H2,1-2H3. The van der Waals surface area contributed by atoms with Crippen LogP contribution in [0.15, 0.2) is 73.3 Å². The van der Waals surface area contributed by atoms with Gasteiger partial charge in [-0.3, -0.25) is 9.89 Å². The largest absolute Gasteiger partial charge is 0.505 e. The van der Waals surface area contributed by atoms with Gasteiger partial charge < -0.3 is 15.6 Å². The first-order valence-corrected chi connectivity index (χ1v) is 13.1. The summed E-state index contributed by atoms with van der Waals surface area (Å²) in [6, 6.07) is 17.3. The van der Waals surface area contributed by atoms with Gasteiger partial charge in [-0.15, -0.1) is 0 Å². The van der Waals surface area contributed by atoms with E-state index in [4.69, 9.17) is 15.6 Å². The van der Waals surface area contributed by atoms with Crippen molar-refractivity contribution < 1.29 is 14.6 Å². The van der Waals surface area contributed by atoms with Gasteiger partial charge in [-0.05, 0) is 42.8 Å². The van der Waals surface area contributed by atoms with Crippen molar-refractivity contribution in [3.05, 3.63) is 73.3 Å². The third-order valence-electron chi connectivity index (χ3n) is 5.54. The highest BCUT2D eigenvalue weighted by atomic mass is 16.5. The van der Waals surface area contributed by atoms with Crippen molar-refractivity contribution in [3.8, 4) is 22.8 Å². The van der Waals surface area contributed by atoms with Gasteiger partial charge in [-0.1, -0.05) is 77.7 Å². The Balaban J connectivity index is 0.000000282. The number of H-pyrrole nitrogens is 1. The van der Waals surface area contributed by atoms with Crippen LogP contribution in [-0.2, 0) is 4.79 Å². The summed E-state index contributed by atoms with van der Waals surface area (Å²) in [7, 11) is 0. The van der Waals surface area contributed by atoms with Gasteiger partial charge in [0.15, 0.2) is 17.2 Å². The molecule has 4 N–H and O–H groups in total. The Hall–Kier alpha value is -4.20. The zero-order valence-electron chi connectivity index (χ0n) is 22.6. The normalized spacial score (nSPS) is 10.1. The molecule has 0 fully saturated rings. The number of aromatic amines is 1. The zero-order valence-corrected chi connectivity index (χ0v) is 22.6. The maximum absolute atomic E-state index is 10.6. The Labute approximate surface area is 225 Å². The first kappa shape index (κ1) is 30.0. The second-order valence-electron chi connectivity index (χ2n) is 8.68. The number of fused-ring (bicyclic) bond motifs is 1. The van der Waals surface area contributed by atoms with Crippen molar-refractivity contribution in [1.29, 1.82) is 0 Å². The van der Waals surface area contributed by atoms with Crippen LogP contribution in [0.2, 0.25) is 0 Å². The molecule has 2 aromatic heterocycles. The summed E-state index contributed by atoms with van der Waals surface area (Å²) in [6.07, 6.45) is 9.16. The van der Waals surface area contributed by atoms with E-state index in [0.29, 0.717) is 17.9 Å². The zero-order chi connectivity index (χ0) is 27.8. The molecule has 0 radical (unpaired) electrons. The van der Waals surface area contributed by atoms with Gasteiger partial charge >= 0.3 is 0 Å². The minimum Gasteiger partial charge on any atom is -0.505 e. The number of allylic oxidation sites excluding steroid dienone is 1. The number of carbonyl (C=O) groups is 1. The summed E-state index contributed by atoms with van der Waals surface area (Å²) in [5.41, 5.74) is 8.22. The van der Waals surface area contributed by atoms with Crippen LogP contribution in [0.5, 0.6) is 11.5 Å². The average molecular weight is 518 g/mol. The number of hydrogen-bond acceptors (Lipinski definition) is 7. The van der Waals surface area contributed by atoms with E-state index in [-0.39, 0.29) is 11.5 Å². The van der Waals surface area contributed by atoms with Crippen LogP contribution in [0.1, 0.15) is 65.7 Å². The smallest absolute Gasteiger partial charge is 0.196 e. The number of nitrogen functional groups attached to an aromatic ring is 1. The number of aliphatic hydroxyl groups excluding tert-OH is 1. The molecule has 8 heteroatoms. The molecule has 0 spiro atoms. The molecule has 0 saturated heterocycles. The summed E-state index contributed by atoms with van der Waals surface area (Å²) in [5.74, 6) is 1.40. The number of aliphatic hydroxyl groups is 1. The van der Waals surface area contributed by atoms with Gasteiger partial charge in [0, 0.05) is 12.0 Å². The Bertz CT molecular complexity index is 1250. The van der Waals surface area contributed by atoms with Gasteiger partial charge in [0.2, 0.25) is 0 Å². The molecule has 2 aromatic carbocycles. The summed E-state index contributed by atoms with van der Waals surface area (Å²) in [5, 5.41) is 16.4. The number of benzene rings is 2. The number of nitrogens with two attached hydrogens (primary N) is 1. The molecule has 0 aliphatic carbocycles. The van der Waals surface area contributed by atoms with E-state index in [1.54, 1.807) is 0 Å². The van der Waals surface area contributed by atoms with E-state index in [0.717, 1.165) is 41.0 Å². The third-order valence-corrected chi connectivity index (χ3v) is 5.54. The third kappa shape index (κ3) is 9.69. The van der Waals surface area contributed by atoms with Crippen LogP contribution in [0.4, 0.5) is 5.82 Å². The van der Waals surface area contributed by atoms with Crippen molar-refractivity contribution in [1.82, 2.24) is 20.2 Å². The monoisotopic (exact) mass is 517 g/mol. The molecular formula is C30H39N5O3. The molecule has 0 saturated carbocycles. The first-order valence-electron chi connectivity index (χ1n) is 13.1. The molecule has 4 rings (SSSR count). The molecule has 0 unspecified atom stereocenters. The number of para-hydroxylation sites is 1. The SMILES string of the molecule is C=C(O)C(=O)CCCC.CCCCCC.Nc1ncnc2n[nH]c(-c3ccc(Oc4ccccc4)cc3)c12. The fourth-order valence-electron chi connectivity index (χ4n) is 3.38. The summed E-state index contributed by atoms with van der Waals surface area (Å²) >= 11 is 0. The topological polar surface area (TPSA) is 127 Å². The number of aromatic nitrogens is 4. The lowest BCUT2D eigenvalue weighted by molar-refractivity contribution is -0.118. The fourth-order valence-corrected chi connectivity index (χ4v) is 3.38. The van der Waals surface area contributed by atoms with Crippen molar-refractivity contribution in [3.63, 3.8) is 0 Å². The molecule has 0 amide bonds. The Kier molecular flexibility index (Phi) is 13.1. The fraction of sp³-hybridized carbons (Fsp3) is 0.333. The molecule has 202 valence electrons. The average Bonchev–Trinajstić information content (AvgIpc) is 3.38. The Morgan fingerprint density at radius 1 is 0.921 bits per heavy atom. The minimum absolute atomic E-state index is 0.239. The Morgan fingerprint density at radius 2 is 1.53 bits per heavy atom. The molecule has 0 aliphatic rings. The van der Waals surface area contributed by atoms with Crippen molar-refractivity contribution >= 4 is 22.6 Å². The number of ketones is 1. The highest BCUT2D eigenvalue weighted by Crippen LogP contribution is 2.30. The van der Waals surface area contributed by atoms with Gasteiger partial charge in [0.05, 0.1) is 11.1 Å². The molecular weight excluding hydrogens is 478 g/mol. The van der Waals surface area contributed by atoms with Crippen molar-refractivity contribution in [2.75, 3.05) is 5.73 Å². The number of hydrogen-bond donors (Lipinski definition) is 3. The summed E-state index contributed by atoms with van der Waals surface area (Å²) in [4.78, 5) is 18.7. The van der Waals surface area contributed by atoms with E-state index in [1.807, 2.05) is 61.5 Å². The number of carbonyl (C=O) groups excluding carboxylic acids is 1. The molecule has 8 nitrogen and oxygen atoms in total. The van der Waals surface area contributed by atoms with E-state index < -0.39 is 0 Å². The lowest BCUT2D eigenvalue weighted by Crippen LogP contribution is -1.99. The van der Waals surface area contributed by atoms with Gasteiger partial charge in [-0.25, -0.2) is 9.97 Å². The number of ether oxygens (including phenoxy) is 1. The van der Waals surface area contributed by atoms with Crippen LogP contribution in [0.3, 0.4) is 0 Å². The number of Topliss-reactive ketones (excluding diaryl/α,β-unsaturated/α-hetero) is 1. The van der Waals surface area contributed by atoms with Crippen LogP contribution in [0.25, 0.3) is 22.3 Å². The molecule has 0 atom stereocenters. The van der Waals surface area contributed by atoms with Gasteiger partial charge in [-0.2, -0.15) is 5.10 Å².